The van der Waals surface area contributed by atoms with Crippen molar-refractivity contribution in [2.75, 3.05) is 30.3 Å². The number of aliphatic hydroxyl groups is 1. The first-order valence-corrected chi connectivity index (χ1v) is 10.4. The normalized spacial score (nSPS) is 16.8. The number of halogens is 1. The molecule has 1 aliphatic rings. The van der Waals surface area contributed by atoms with Gasteiger partial charge in [-0.05, 0) is 58.2 Å². The van der Waals surface area contributed by atoms with Crippen molar-refractivity contribution in [1.29, 1.82) is 0 Å². The minimum atomic E-state index is -0.558. The molecule has 3 N–H and O–H groups in total. The summed E-state index contributed by atoms with van der Waals surface area (Å²) in [4.78, 5) is 26.7. The molecule has 0 aliphatic carbocycles. The van der Waals surface area contributed by atoms with Crippen molar-refractivity contribution in [2.24, 2.45) is 0 Å². The molecule has 0 spiro atoms. The summed E-state index contributed by atoms with van der Waals surface area (Å²) in [5, 5.41) is 15.1. The standard InChI is InChI=1S/C20H30BrN3O4/c1-20(2,3)28-19(27)24-10-4-6-15(24)13-18(26)23-17-12-14(21)7-8-16(17)22-9-5-11-25/h7-8,12,15,22,25H,4-6,9-11,13H2,1-3H3,(H,23,26). The van der Waals surface area contributed by atoms with Gasteiger partial charge in [0, 0.05) is 36.6 Å². The maximum Gasteiger partial charge on any atom is 0.410 e. The first-order chi connectivity index (χ1) is 13.2. The molecule has 0 saturated carbocycles. The van der Waals surface area contributed by atoms with Crippen LogP contribution in [0.25, 0.3) is 0 Å². The number of nitrogens with one attached hydrogen (secondary N) is 2. The molecule has 0 radical (unpaired) electrons. The Bertz CT molecular complexity index is 691. The van der Waals surface area contributed by atoms with Crippen LogP contribution in [0.3, 0.4) is 0 Å². The molecule has 1 fully saturated rings. The fourth-order valence-electron chi connectivity index (χ4n) is 3.10. The van der Waals surface area contributed by atoms with Crippen LogP contribution in [0.5, 0.6) is 0 Å². The fraction of sp³-hybridized carbons (Fsp3) is 0.600. The molecule has 0 aromatic heterocycles. The van der Waals surface area contributed by atoms with Crippen LogP contribution in [0.15, 0.2) is 22.7 Å². The molecular formula is C20H30BrN3O4. The molecule has 1 saturated heterocycles. The summed E-state index contributed by atoms with van der Waals surface area (Å²) in [7, 11) is 0. The number of likely N-dealkylation sites (tertiary alicyclic amines) is 1. The lowest BCUT2D eigenvalue weighted by molar-refractivity contribution is -0.117. The van der Waals surface area contributed by atoms with E-state index < -0.39 is 5.60 Å². The van der Waals surface area contributed by atoms with Crippen LogP contribution < -0.4 is 10.6 Å². The van der Waals surface area contributed by atoms with Crippen molar-refractivity contribution >= 4 is 39.3 Å². The van der Waals surface area contributed by atoms with Gasteiger partial charge in [0.25, 0.3) is 0 Å². The summed E-state index contributed by atoms with van der Waals surface area (Å²) in [6.45, 7) is 6.82. The minimum Gasteiger partial charge on any atom is -0.444 e. The zero-order valence-electron chi connectivity index (χ0n) is 16.8. The molecule has 156 valence electrons. The van der Waals surface area contributed by atoms with Gasteiger partial charge in [-0.25, -0.2) is 4.79 Å². The number of anilines is 2. The van der Waals surface area contributed by atoms with Crippen LogP contribution in [-0.2, 0) is 9.53 Å². The average Bonchev–Trinajstić information content (AvgIpc) is 3.03. The monoisotopic (exact) mass is 455 g/mol. The molecule has 1 heterocycles. The summed E-state index contributed by atoms with van der Waals surface area (Å²) in [5.74, 6) is -0.149. The molecular weight excluding hydrogens is 426 g/mol. The van der Waals surface area contributed by atoms with Gasteiger partial charge in [-0.2, -0.15) is 0 Å². The van der Waals surface area contributed by atoms with Gasteiger partial charge in [-0.1, -0.05) is 15.9 Å². The molecule has 28 heavy (non-hydrogen) atoms. The van der Waals surface area contributed by atoms with Gasteiger partial charge in [0.2, 0.25) is 5.91 Å². The van der Waals surface area contributed by atoms with Crippen molar-refractivity contribution in [3.8, 4) is 0 Å². The highest BCUT2D eigenvalue weighted by atomic mass is 79.9. The number of nitrogens with zero attached hydrogens (tertiary/aromatic N) is 1. The Morgan fingerprint density at radius 2 is 2.07 bits per heavy atom. The van der Waals surface area contributed by atoms with Gasteiger partial charge in [0.15, 0.2) is 0 Å². The van der Waals surface area contributed by atoms with Crippen molar-refractivity contribution in [1.82, 2.24) is 4.90 Å². The van der Waals surface area contributed by atoms with E-state index in [1.165, 1.54) is 0 Å². The molecule has 1 aromatic carbocycles. The van der Waals surface area contributed by atoms with Gasteiger partial charge in [-0.3, -0.25) is 4.79 Å². The second-order valence-electron chi connectivity index (χ2n) is 7.92. The van der Waals surface area contributed by atoms with Gasteiger partial charge < -0.3 is 25.4 Å². The van der Waals surface area contributed by atoms with Crippen LogP contribution >= 0.6 is 15.9 Å². The maximum atomic E-state index is 12.6. The number of carbonyl (C=O) groups is 2. The number of hydrogen-bond acceptors (Lipinski definition) is 5. The van der Waals surface area contributed by atoms with Gasteiger partial charge in [0.05, 0.1) is 11.4 Å². The molecule has 2 rings (SSSR count). The topological polar surface area (TPSA) is 90.9 Å². The van der Waals surface area contributed by atoms with Crippen LogP contribution in [0.1, 0.15) is 46.5 Å². The Morgan fingerprint density at radius 3 is 2.75 bits per heavy atom. The van der Waals surface area contributed by atoms with Gasteiger partial charge in [0.1, 0.15) is 5.60 Å². The summed E-state index contributed by atoms with van der Waals surface area (Å²) in [6.07, 6.45) is 2.13. The molecule has 1 unspecified atom stereocenters. The number of amides is 2. The number of benzene rings is 1. The second kappa shape index (κ2) is 10.1. The van der Waals surface area contributed by atoms with E-state index in [1.807, 2.05) is 39.0 Å². The molecule has 1 aromatic rings. The molecule has 1 aliphatic heterocycles. The Kier molecular flexibility index (Phi) is 8.12. The van der Waals surface area contributed by atoms with Crippen LogP contribution in [0.2, 0.25) is 0 Å². The predicted octanol–water partition coefficient (Wildman–Crippen LogP) is 3.97. The fourth-order valence-corrected chi connectivity index (χ4v) is 3.46. The molecule has 1 atom stereocenters. The SMILES string of the molecule is CC(C)(C)OC(=O)N1CCCC1CC(=O)Nc1cc(Br)ccc1NCCCO. The third kappa shape index (κ3) is 6.98. The molecule has 8 heteroatoms. The van der Waals surface area contributed by atoms with E-state index in [0.29, 0.717) is 25.2 Å². The lowest BCUT2D eigenvalue weighted by atomic mass is 10.1. The zero-order chi connectivity index (χ0) is 20.7. The molecule has 7 nitrogen and oxygen atoms in total. The van der Waals surface area contributed by atoms with Gasteiger partial charge in [-0.15, -0.1) is 0 Å². The summed E-state index contributed by atoms with van der Waals surface area (Å²) >= 11 is 3.42. The largest absolute Gasteiger partial charge is 0.444 e. The minimum absolute atomic E-state index is 0.105. The smallest absolute Gasteiger partial charge is 0.410 e. The number of hydrogen-bond donors (Lipinski definition) is 3. The van der Waals surface area contributed by atoms with E-state index in [0.717, 1.165) is 23.0 Å². The third-order valence-electron chi connectivity index (χ3n) is 4.33. The van der Waals surface area contributed by atoms with E-state index >= 15 is 0 Å². The van der Waals surface area contributed by atoms with Crippen LogP contribution in [0, 0.1) is 0 Å². The Morgan fingerprint density at radius 1 is 1.32 bits per heavy atom. The molecule has 0 bridgehead atoms. The number of aliphatic hydroxyl groups excluding tert-OH is 1. The van der Waals surface area contributed by atoms with E-state index in [2.05, 4.69) is 26.6 Å². The lowest BCUT2D eigenvalue weighted by Gasteiger charge is -2.28. The van der Waals surface area contributed by atoms with E-state index in [4.69, 9.17) is 9.84 Å². The van der Waals surface area contributed by atoms with Gasteiger partial charge >= 0.3 is 6.09 Å². The highest BCUT2D eigenvalue weighted by Crippen LogP contribution is 2.28. The average molecular weight is 456 g/mol. The van der Waals surface area contributed by atoms with Crippen molar-refractivity contribution in [3.05, 3.63) is 22.7 Å². The summed E-state index contributed by atoms with van der Waals surface area (Å²) < 4.78 is 6.31. The van der Waals surface area contributed by atoms with Crippen LogP contribution in [-0.4, -0.2) is 53.3 Å². The van der Waals surface area contributed by atoms with E-state index in [1.54, 1.807) is 4.90 Å². The number of rotatable bonds is 7. The summed E-state index contributed by atoms with van der Waals surface area (Å²) in [6, 6.07) is 5.44. The quantitative estimate of drug-likeness (QED) is 0.541. The van der Waals surface area contributed by atoms with Crippen molar-refractivity contribution in [3.63, 3.8) is 0 Å². The zero-order valence-corrected chi connectivity index (χ0v) is 18.3. The lowest BCUT2D eigenvalue weighted by Crippen LogP contribution is -2.41. The first-order valence-electron chi connectivity index (χ1n) is 9.63. The third-order valence-corrected chi connectivity index (χ3v) is 4.83. The van der Waals surface area contributed by atoms with Crippen molar-refractivity contribution < 1.29 is 19.4 Å². The Balaban J connectivity index is 1.99. The first kappa shape index (κ1) is 22.5. The van der Waals surface area contributed by atoms with E-state index in [-0.39, 0.29) is 31.1 Å². The van der Waals surface area contributed by atoms with E-state index in [9.17, 15) is 9.59 Å². The maximum absolute atomic E-state index is 12.6. The highest BCUT2D eigenvalue weighted by molar-refractivity contribution is 9.10. The second-order valence-corrected chi connectivity index (χ2v) is 8.83. The van der Waals surface area contributed by atoms with Crippen molar-refractivity contribution in [2.45, 2.75) is 58.1 Å². The Hall–Kier alpha value is -1.80. The summed E-state index contributed by atoms with van der Waals surface area (Å²) in [5.41, 5.74) is 0.900. The number of ether oxygens (including phenoxy) is 1. The van der Waals surface area contributed by atoms with Crippen LogP contribution in [0.4, 0.5) is 16.2 Å². The Labute approximate surface area is 174 Å². The highest BCUT2D eigenvalue weighted by Gasteiger charge is 2.33. The molecule has 2 amide bonds. The predicted molar refractivity (Wildman–Crippen MR) is 114 cm³/mol. The number of carbonyl (C=O) groups excluding carboxylic acids is 2.